The van der Waals surface area contributed by atoms with Crippen molar-refractivity contribution in [3.8, 4) is 0 Å². The van der Waals surface area contributed by atoms with Gasteiger partial charge < -0.3 is 0 Å². The maximum atomic E-state index is 11.1. The molecule has 1 aromatic rings. The zero-order valence-corrected chi connectivity index (χ0v) is 11.6. The van der Waals surface area contributed by atoms with Crippen molar-refractivity contribution in [1.29, 1.82) is 0 Å². The lowest BCUT2D eigenvalue weighted by Crippen LogP contribution is -2.33. The monoisotopic (exact) mass is 269 g/mol. The molecule has 5 heteroatoms. The van der Waals surface area contributed by atoms with Gasteiger partial charge in [0.2, 0.25) is 5.91 Å². The Balaban J connectivity index is 2.44. The Hall–Kier alpha value is -1.10. The second-order valence-corrected chi connectivity index (χ2v) is 4.94. The van der Waals surface area contributed by atoms with E-state index in [1.807, 2.05) is 31.3 Å². The second-order valence-electron chi connectivity index (χ2n) is 4.50. The molecule has 0 bridgehead atoms. The van der Waals surface area contributed by atoms with E-state index < -0.39 is 0 Å². The highest BCUT2D eigenvalue weighted by Crippen LogP contribution is 2.14. The highest BCUT2D eigenvalue weighted by molar-refractivity contribution is 6.30. The summed E-state index contributed by atoms with van der Waals surface area (Å²) in [5.41, 5.74) is 3.31. The summed E-state index contributed by atoms with van der Waals surface area (Å²) in [7, 11) is 2.03. The molecule has 0 saturated heterocycles. The number of rotatable bonds is 6. The van der Waals surface area contributed by atoms with Gasteiger partial charge in [0.15, 0.2) is 0 Å². The maximum Gasteiger partial charge on any atom is 0.233 e. The highest BCUT2D eigenvalue weighted by Gasteiger charge is 2.11. The van der Waals surface area contributed by atoms with Gasteiger partial charge in [-0.1, -0.05) is 23.7 Å². The number of carbonyl (C=O) groups is 1. The Morgan fingerprint density at radius 2 is 2.28 bits per heavy atom. The minimum atomic E-state index is -0.127. The molecule has 1 amide bonds. The molecule has 0 heterocycles. The van der Waals surface area contributed by atoms with E-state index in [-0.39, 0.29) is 5.91 Å². The van der Waals surface area contributed by atoms with Gasteiger partial charge in [-0.3, -0.25) is 15.1 Å². The molecular weight excluding hydrogens is 250 g/mol. The number of carbonyl (C=O) groups excluding carboxylic acids is 1. The number of nitrogens with zero attached hydrogens (tertiary/aromatic N) is 1. The van der Waals surface area contributed by atoms with Crippen molar-refractivity contribution in [1.82, 2.24) is 10.3 Å². The number of halogens is 1. The molecule has 1 rings (SSSR count). The van der Waals surface area contributed by atoms with E-state index in [0.717, 1.165) is 18.0 Å². The lowest BCUT2D eigenvalue weighted by atomic mass is 10.1. The smallest absolute Gasteiger partial charge is 0.233 e. The van der Waals surface area contributed by atoms with Gasteiger partial charge in [-0.05, 0) is 38.1 Å². The first-order valence-corrected chi connectivity index (χ1v) is 6.35. The summed E-state index contributed by atoms with van der Waals surface area (Å²) in [6.07, 6.45) is 1.22. The second kappa shape index (κ2) is 7.36. The van der Waals surface area contributed by atoms with Crippen LogP contribution in [0.1, 0.15) is 25.3 Å². The highest BCUT2D eigenvalue weighted by atomic mass is 35.5. The number of hydrazine groups is 1. The molecule has 4 nitrogen and oxygen atoms in total. The Kier molecular flexibility index (Phi) is 6.12. The van der Waals surface area contributed by atoms with E-state index in [1.54, 1.807) is 0 Å². The van der Waals surface area contributed by atoms with Gasteiger partial charge in [-0.25, -0.2) is 5.84 Å². The van der Waals surface area contributed by atoms with Crippen LogP contribution in [0.3, 0.4) is 0 Å². The van der Waals surface area contributed by atoms with Crippen molar-refractivity contribution in [2.75, 3.05) is 7.05 Å². The van der Waals surface area contributed by atoms with E-state index in [0.29, 0.717) is 12.5 Å². The summed E-state index contributed by atoms with van der Waals surface area (Å²) in [5.74, 6) is 4.92. The summed E-state index contributed by atoms with van der Waals surface area (Å²) in [5, 5.41) is 0.746. The molecule has 0 aliphatic heterocycles. The normalized spacial score (nSPS) is 12.5. The molecule has 0 saturated carbocycles. The molecule has 0 aliphatic rings. The van der Waals surface area contributed by atoms with E-state index in [2.05, 4.69) is 17.2 Å². The van der Waals surface area contributed by atoms with Crippen LogP contribution in [0.2, 0.25) is 5.02 Å². The molecular formula is C13H20ClN3O. The van der Waals surface area contributed by atoms with Crippen LogP contribution in [0.25, 0.3) is 0 Å². The van der Waals surface area contributed by atoms with Crippen LogP contribution in [0.4, 0.5) is 0 Å². The molecule has 1 unspecified atom stereocenters. The Labute approximate surface area is 113 Å². The van der Waals surface area contributed by atoms with Gasteiger partial charge in [0.1, 0.15) is 0 Å². The zero-order chi connectivity index (χ0) is 13.5. The standard InChI is InChI=1S/C13H20ClN3O/c1-10(6-7-13(18)16-15)17(2)9-11-4-3-5-12(14)8-11/h3-5,8,10H,6-7,9,15H2,1-2H3,(H,16,18). The third-order valence-electron chi connectivity index (χ3n) is 3.02. The van der Waals surface area contributed by atoms with E-state index in [9.17, 15) is 4.79 Å². The van der Waals surface area contributed by atoms with Crippen molar-refractivity contribution >= 4 is 17.5 Å². The van der Waals surface area contributed by atoms with Gasteiger partial charge in [0.25, 0.3) is 0 Å². The van der Waals surface area contributed by atoms with Crippen LogP contribution in [-0.4, -0.2) is 23.9 Å². The van der Waals surface area contributed by atoms with Crippen LogP contribution in [-0.2, 0) is 11.3 Å². The van der Waals surface area contributed by atoms with Crippen LogP contribution in [0.15, 0.2) is 24.3 Å². The first kappa shape index (κ1) is 15.0. The fourth-order valence-corrected chi connectivity index (χ4v) is 1.92. The number of hydrogen-bond acceptors (Lipinski definition) is 3. The van der Waals surface area contributed by atoms with Crippen molar-refractivity contribution in [2.24, 2.45) is 5.84 Å². The predicted molar refractivity (Wildman–Crippen MR) is 73.9 cm³/mol. The quantitative estimate of drug-likeness (QED) is 0.471. The molecule has 0 aliphatic carbocycles. The molecule has 1 aromatic carbocycles. The minimum absolute atomic E-state index is 0.127. The minimum Gasteiger partial charge on any atom is -0.299 e. The van der Waals surface area contributed by atoms with E-state index in [4.69, 9.17) is 17.4 Å². The lowest BCUT2D eigenvalue weighted by molar-refractivity contribution is -0.121. The summed E-state index contributed by atoms with van der Waals surface area (Å²) in [6.45, 7) is 2.90. The molecule has 100 valence electrons. The first-order chi connectivity index (χ1) is 8.52. The Morgan fingerprint density at radius 1 is 1.56 bits per heavy atom. The topological polar surface area (TPSA) is 58.4 Å². The van der Waals surface area contributed by atoms with Gasteiger partial charge in [-0.15, -0.1) is 0 Å². The van der Waals surface area contributed by atoms with Gasteiger partial charge in [0.05, 0.1) is 0 Å². The van der Waals surface area contributed by atoms with Crippen LogP contribution in [0.5, 0.6) is 0 Å². The molecule has 0 fully saturated rings. The Bertz CT molecular complexity index is 398. The fraction of sp³-hybridized carbons (Fsp3) is 0.462. The van der Waals surface area contributed by atoms with Crippen LogP contribution in [0, 0.1) is 0 Å². The number of benzene rings is 1. The molecule has 0 radical (unpaired) electrons. The zero-order valence-electron chi connectivity index (χ0n) is 10.8. The van der Waals surface area contributed by atoms with Crippen LogP contribution < -0.4 is 11.3 Å². The van der Waals surface area contributed by atoms with E-state index >= 15 is 0 Å². The predicted octanol–water partition coefficient (Wildman–Crippen LogP) is 1.93. The van der Waals surface area contributed by atoms with E-state index in [1.165, 1.54) is 5.56 Å². The number of amides is 1. The van der Waals surface area contributed by atoms with Crippen LogP contribution >= 0.6 is 11.6 Å². The summed E-state index contributed by atoms with van der Waals surface area (Å²) < 4.78 is 0. The summed E-state index contributed by atoms with van der Waals surface area (Å²) in [6, 6.07) is 8.11. The van der Waals surface area contributed by atoms with Crippen molar-refractivity contribution in [3.63, 3.8) is 0 Å². The average Bonchev–Trinajstić information content (AvgIpc) is 2.35. The third-order valence-corrected chi connectivity index (χ3v) is 3.26. The van der Waals surface area contributed by atoms with Crippen molar-refractivity contribution < 1.29 is 4.79 Å². The first-order valence-electron chi connectivity index (χ1n) is 5.97. The Morgan fingerprint density at radius 3 is 2.89 bits per heavy atom. The van der Waals surface area contributed by atoms with Crippen molar-refractivity contribution in [3.05, 3.63) is 34.9 Å². The molecule has 0 spiro atoms. The lowest BCUT2D eigenvalue weighted by Gasteiger charge is -2.24. The molecule has 1 atom stereocenters. The molecule has 3 N–H and O–H groups in total. The largest absolute Gasteiger partial charge is 0.299 e. The van der Waals surface area contributed by atoms with Gasteiger partial charge in [0, 0.05) is 24.0 Å². The SMILES string of the molecule is CC(CCC(=O)NN)N(C)Cc1cccc(Cl)c1. The third kappa shape index (κ3) is 5.04. The summed E-state index contributed by atoms with van der Waals surface area (Å²) >= 11 is 5.94. The van der Waals surface area contributed by atoms with Gasteiger partial charge >= 0.3 is 0 Å². The van der Waals surface area contributed by atoms with Gasteiger partial charge in [-0.2, -0.15) is 0 Å². The molecule has 18 heavy (non-hydrogen) atoms. The maximum absolute atomic E-state index is 11.1. The van der Waals surface area contributed by atoms with Crippen molar-refractivity contribution in [2.45, 2.75) is 32.4 Å². The number of hydrogen-bond donors (Lipinski definition) is 2. The molecule has 0 aromatic heterocycles. The average molecular weight is 270 g/mol. The number of nitrogens with two attached hydrogens (primary N) is 1. The number of nitrogens with one attached hydrogen (secondary N) is 1. The summed E-state index contributed by atoms with van der Waals surface area (Å²) in [4.78, 5) is 13.3. The fourth-order valence-electron chi connectivity index (χ4n) is 1.71.